The Morgan fingerprint density at radius 1 is 1.06 bits per heavy atom. The maximum atomic E-state index is 14.6. The number of carbonyl (C=O) groups excluding carboxylic acids is 1. The van der Waals surface area contributed by atoms with Crippen LogP contribution < -0.4 is 9.54 Å². The fourth-order valence-electron chi connectivity index (χ4n) is 3.90. The van der Waals surface area contributed by atoms with Crippen molar-refractivity contribution in [2.24, 2.45) is 4.99 Å². The summed E-state index contributed by atoms with van der Waals surface area (Å²) in [5.74, 6) is 0.0303. The van der Waals surface area contributed by atoms with Gasteiger partial charge in [0.1, 0.15) is 17.3 Å². The quantitative estimate of drug-likeness (QED) is 0.461. The van der Waals surface area contributed by atoms with Gasteiger partial charge in [0, 0.05) is 24.8 Å². The zero-order chi connectivity index (χ0) is 21.4. The largest absolute Gasteiger partial charge is 0.457 e. The molecule has 1 aliphatic rings. The molecule has 0 bridgehead atoms. The first-order valence-corrected chi connectivity index (χ1v) is 10.7. The number of hydrogen-bond acceptors (Lipinski definition) is 4. The maximum Gasteiger partial charge on any atom is 0.260 e. The predicted octanol–water partition coefficient (Wildman–Crippen LogP) is 4.85. The highest BCUT2D eigenvalue weighted by molar-refractivity contribution is 7.16. The van der Waals surface area contributed by atoms with Crippen molar-refractivity contribution in [3.05, 3.63) is 88.5 Å². The third-order valence-electron chi connectivity index (χ3n) is 5.30. The Morgan fingerprint density at radius 2 is 1.74 bits per heavy atom. The normalized spacial score (nSPS) is 13.7. The van der Waals surface area contributed by atoms with Gasteiger partial charge in [-0.05, 0) is 24.3 Å². The van der Waals surface area contributed by atoms with Crippen LogP contribution in [0.4, 0.5) is 4.39 Å². The van der Waals surface area contributed by atoms with Crippen LogP contribution >= 0.6 is 11.3 Å². The molecule has 0 radical (unpaired) electrons. The summed E-state index contributed by atoms with van der Waals surface area (Å²) in [4.78, 5) is 18.5. The monoisotopic (exact) mass is 434 g/mol. The number of methoxy groups -OCH3 is 1. The minimum absolute atomic E-state index is 0.318. The molecule has 1 amide bonds. The van der Waals surface area contributed by atoms with Crippen molar-refractivity contribution in [1.82, 2.24) is 4.57 Å². The molecule has 0 unspecified atom stereocenters. The van der Waals surface area contributed by atoms with Crippen LogP contribution in [-0.4, -0.2) is 24.2 Å². The van der Waals surface area contributed by atoms with Crippen LogP contribution in [0.1, 0.15) is 17.0 Å². The van der Waals surface area contributed by atoms with Gasteiger partial charge in [-0.25, -0.2) is 4.39 Å². The van der Waals surface area contributed by atoms with Crippen molar-refractivity contribution in [3.8, 4) is 11.5 Å². The molecule has 0 fully saturated rings. The molecule has 0 atom stereocenters. The number of nitrogens with zero attached hydrogens (tertiary/aromatic N) is 2. The van der Waals surface area contributed by atoms with Gasteiger partial charge in [-0.2, -0.15) is 4.99 Å². The van der Waals surface area contributed by atoms with Crippen LogP contribution in [0.25, 0.3) is 10.2 Å². The first kappa shape index (κ1) is 19.7. The van der Waals surface area contributed by atoms with Gasteiger partial charge in [-0.15, -0.1) is 0 Å². The number of carbonyl (C=O) groups is 1. The van der Waals surface area contributed by atoms with E-state index in [0.717, 1.165) is 15.8 Å². The molecule has 0 saturated carbocycles. The number of para-hydroxylation sites is 3. The number of fused-ring (bicyclic) bond motifs is 3. The molecule has 3 aromatic carbocycles. The van der Waals surface area contributed by atoms with Crippen LogP contribution in [0.3, 0.4) is 0 Å². The molecule has 1 aromatic heterocycles. The average molecular weight is 434 g/mol. The molecule has 156 valence electrons. The Morgan fingerprint density at radius 3 is 2.42 bits per heavy atom. The smallest absolute Gasteiger partial charge is 0.260 e. The van der Waals surface area contributed by atoms with E-state index in [-0.39, 0.29) is 11.7 Å². The summed E-state index contributed by atoms with van der Waals surface area (Å²) >= 11 is 1.29. The summed E-state index contributed by atoms with van der Waals surface area (Å²) in [6, 6.07) is 19.9. The summed E-state index contributed by atoms with van der Waals surface area (Å²) < 4.78 is 28.2. The van der Waals surface area contributed by atoms with Crippen molar-refractivity contribution in [2.45, 2.75) is 12.5 Å². The highest BCUT2D eigenvalue weighted by Crippen LogP contribution is 2.44. The fourth-order valence-corrected chi connectivity index (χ4v) is 4.97. The second kappa shape index (κ2) is 8.09. The summed E-state index contributed by atoms with van der Waals surface area (Å²) in [5.41, 5.74) is 1.97. The van der Waals surface area contributed by atoms with Gasteiger partial charge in [-0.1, -0.05) is 53.8 Å². The zero-order valence-corrected chi connectivity index (χ0v) is 17.6. The van der Waals surface area contributed by atoms with Gasteiger partial charge >= 0.3 is 0 Å². The van der Waals surface area contributed by atoms with E-state index >= 15 is 0 Å². The SMILES string of the molecule is COCCn1c(=NC(=O)C2c3ccccc3Oc3ccccc32)sc2cccc(F)c21. The Kier molecular flexibility index (Phi) is 5.13. The summed E-state index contributed by atoms with van der Waals surface area (Å²) in [6.07, 6.45) is 0. The lowest BCUT2D eigenvalue weighted by atomic mass is 9.87. The number of thiazole rings is 1. The number of ether oxygens (including phenoxy) is 2. The highest BCUT2D eigenvalue weighted by atomic mass is 32.1. The van der Waals surface area contributed by atoms with Gasteiger partial charge in [0.25, 0.3) is 5.91 Å². The molecule has 0 aliphatic carbocycles. The van der Waals surface area contributed by atoms with E-state index in [2.05, 4.69) is 4.99 Å². The van der Waals surface area contributed by atoms with E-state index in [4.69, 9.17) is 9.47 Å². The second-order valence-electron chi connectivity index (χ2n) is 7.18. The number of hydrogen-bond donors (Lipinski definition) is 0. The Balaban J connectivity index is 1.67. The Bertz CT molecular complexity index is 1310. The summed E-state index contributed by atoms with van der Waals surface area (Å²) in [5, 5.41) is 0. The van der Waals surface area contributed by atoms with Gasteiger partial charge in [-0.3, -0.25) is 4.79 Å². The van der Waals surface area contributed by atoms with Crippen molar-refractivity contribution in [2.75, 3.05) is 13.7 Å². The van der Waals surface area contributed by atoms with Gasteiger partial charge in [0.2, 0.25) is 0 Å². The first-order valence-electron chi connectivity index (χ1n) is 9.88. The van der Waals surface area contributed by atoms with Crippen LogP contribution in [-0.2, 0) is 16.1 Å². The van der Waals surface area contributed by atoms with Crippen molar-refractivity contribution in [1.29, 1.82) is 0 Å². The second-order valence-corrected chi connectivity index (χ2v) is 8.19. The third kappa shape index (κ3) is 3.45. The molecule has 0 saturated heterocycles. The van der Waals surface area contributed by atoms with Crippen LogP contribution in [0, 0.1) is 5.82 Å². The maximum absolute atomic E-state index is 14.6. The van der Waals surface area contributed by atoms with Crippen molar-refractivity contribution >= 4 is 27.5 Å². The van der Waals surface area contributed by atoms with Gasteiger partial charge < -0.3 is 14.0 Å². The number of benzene rings is 3. The number of aromatic nitrogens is 1. The molecule has 5 nitrogen and oxygen atoms in total. The van der Waals surface area contributed by atoms with Gasteiger partial charge in [0.05, 0.1) is 22.7 Å². The Hall–Kier alpha value is -3.29. The predicted molar refractivity (Wildman–Crippen MR) is 117 cm³/mol. The minimum Gasteiger partial charge on any atom is -0.457 e. The van der Waals surface area contributed by atoms with Crippen LogP contribution in [0.15, 0.2) is 71.7 Å². The van der Waals surface area contributed by atoms with E-state index in [1.54, 1.807) is 17.7 Å². The molecular formula is C24H19FN2O3S. The van der Waals surface area contributed by atoms with E-state index in [1.165, 1.54) is 17.4 Å². The standard InChI is InChI=1S/C24H19FN2O3S/c1-29-14-13-27-22-17(25)9-6-12-20(22)31-24(27)26-23(28)21-15-7-2-4-10-18(15)30-19-11-5-3-8-16(19)21/h2-12,21H,13-14H2,1H3. The van der Waals surface area contributed by atoms with E-state index in [0.29, 0.717) is 35.0 Å². The molecule has 0 spiro atoms. The number of rotatable bonds is 4. The minimum atomic E-state index is -0.591. The lowest BCUT2D eigenvalue weighted by Gasteiger charge is -2.25. The van der Waals surface area contributed by atoms with Crippen LogP contribution in [0.5, 0.6) is 11.5 Å². The molecule has 31 heavy (non-hydrogen) atoms. The van der Waals surface area contributed by atoms with Crippen LogP contribution in [0.2, 0.25) is 0 Å². The summed E-state index contributed by atoms with van der Waals surface area (Å²) in [7, 11) is 1.59. The number of amides is 1. The summed E-state index contributed by atoms with van der Waals surface area (Å²) in [6.45, 7) is 0.773. The first-order chi connectivity index (χ1) is 15.2. The lowest BCUT2D eigenvalue weighted by molar-refractivity contribution is -0.118. The van der Waals surface area contributed by atoms with Gasteiger partial charge in [0.15, 0.2) is 4.80 Å². The molecule has 5 rings (SSSR count). The highest BCUT2D eigenvalue weighted by Gasteiger charge is 2.32. The molecule has 4 aromatic rings. The topological polar surface area (TPSA) is 52.8 Å². The van der Waals surface area contributed by atoms with E-state index in [1.807, 2.05) is 54.6 Å². The Labute approximate surface area is 182 Å². The van der Waals surface area contributed by atoms with Crippen molar-refractivity contribution in [3.63, 3.8) is 0 Å². The molecule has 0 N–H and O–H groups in total. The van der Waals surface area contributed by atoms with E-state index < -0.39 is 5.92 Å². The zero-order valence-electron chi connectivity index (χ0n) is 16.7. The van der Waals surface area contributed by atoms with E-state index in [9.17, 15) is 9.18 Å². The lowest BCUT2D eigenvalue weighted by Crippen LogP contribution is -2.23. The molecular weight excluding hydrogens is 415 g/mol. The molecule has 2 heterocycles. The third-order valence-corrected chi connectivity index (χ3v) is 6.35. The fraction of sp³-hybridized carbons (Fsp3) is 0.167. The molecule has 7 heteroatoms. The number of halogens is 1. The average Bonchev–Trinajstić information content (AvgIpc) is 3.13. The van der Waals surface area contributed by atoms with Crippen molar-refractivity contribution < 1.29 is 18.7 Å². The molecule has 1 aliphatic heterocycles.